The highest BCUT2D eigenvalue weighted by Gasteiger charge is 2.42. The van der Waals surface area contributed by atoms with Crippen LogP contribution in [0, 0.1) is 0 Å². The number of hydrogen-bond acceptors (Lipinski definition) is 2. The SMILES string of the molecule is C=CCC1(C)CC(C)(C)OO1. The minimum Gasteiger partial charge on any atom is -0.230 e. The summed E-state index contributed by atoms with van der Waals surface area (Å²) >= 11 is 0. The minimum atomic E-state index is -0.161. The lowest BCUT2D eigenvalue weighted by atomic mass is 9.90. The van der Waals surface area contributed by atoms with E-state index in [1.165, 1.54) is 0 Å². The minimum absolute atomic E-state index is 0.141. The standard InChI is InChI=1S/C9H16O2/c1-5-6-9(4)7-8(2,3)10-11-9/h5H,1,6-7H2,2-4H3. The molecule has 1 aliphatic heterocycles. The van der Waals surface area contributed by atoms with E-state index in [4.69, 9.17) is 9.78 Å². The molecule has 1 rings (SSSR count). The lowest BCUT2D eigenvalue weighted by Gasteiger charge is -2.18. The number of rotatable bonds is 2. The summed E-state index contributed by atoms with van der Waals surface area (Å²) in [6.07, 6.45) is 3.63. The van der Waals surface area contributed by atoms with Crippen LogP contribution in [0.25, 0.3) is 0 Å². The Labute approximate surface area is 68.1 Å². The molecule has 1 heterocycles. The van der Waals surface area contributed by atoms with E-state index < -0.39 is 0 Å². The monoisotopic (exact) mass is 156 g/mol. The highest BCUT2D eigenvalue weighted by molar-refractivity contribution is 4.91. The van der Waals surface area contributed by atoms with Crippen LogP contribution >= 0.6 is 0 Å². The number of hydrogen-bond donors (Lipinski definition) is 0. The molecule has 2 heteroatoms. The van der Waals surface area contributed by atoms with Crippen molar-refractivity contribution in [1.82, 2.24) is 0 Å². The zero-order valence-corrected chi connectivity index (χ0v) is 7.52. The molecule has 0 radical (unpaired) electrons. The maximum Gasteiger partial charge on any atom is 0.107 e. The molecule has 0 aromatic rings. The molecule has 1 atom stereocenters. The van der Waals surface area contributed by atoms with Gasteiger partial charge in [-0.15, -0.1) is 6.58 Å². The van der Waals surface area contributed by atoms with Gasteiger partial charge in [-0.1, -0.05) is 6.08 Å². The van der Waals surface area contributed by atoms with Crippen molar-refractivity contribution in [3.8, 4) is 0 Å². The van der Waals surface area contributed by atoms with Gasteiger partial charge < -0.3 is 0 Å². The second kappa shape index (κ2) is 2.61. The van der Waals surface area contributed by atoms with Crippen LogP contribution in [0.2, 0.25) is 0 Å². The van der Waals surface area contributed by atoms with Crippen molar-refractivity contribution in [2.75, 3.05) is 0 Å². The van der Waals surface area contributed by atoms with E-state index in [1.54, 1.807) is 0 Å². The zero-order chi connectivity index (χ0) is 8.54. The van der Waals surface area contributed by atoms with Gasteiger partial charge >= 0.3 is 0 Å². The molecule has 0 aliphatic carbocycles. The average Bonchev–Trinajstić information content (AvgIpc) is 2.07. The van der Waals surface area contributed by atoms with Crippen LogP contribution in [0.15, 0.2) is 12.7 Å². The van der Waals surface area contributed by atoms with Crippen LogP contribution in [-0.2, 0) is 9.78 Å². The van der Waals surface area contributed by atoms with Crippen molar-refractivity contribution in [3.05, 3.63) is 12.7 Å². The summed E-state index contributed by atoms with van der Waals surface area (Å²) in [5.41, 5.74) is -0.303. The molecule has 0 N–H and O–H groups in total. The molecule has 0 bridgehead atoms. The van der Waals surface area contributed by atoms with Gasteiger partial charge in [-0.05, 0) is 27.2 Å². The molecule has 0 aromatic carbocycles. The highest BCUT2D eigenvalue weighted by Crippen LogP contribution is 2.37. The first-order chi connectivity index (χ1) is 4.97. The first kappa shape index (κ1) is 8.75. The van der Waals surface area contributed by atoms with E-state index in [1.807, 2.05) is 26.8 Å². The largest absolute Gasteiger partial charge is 0.230 e. The van der Waals surface area contributed by atoms with Gasteiger partial charge in [-0.2, -0.15) is 0 Å². The van der Waals surface area contributed by atoms with Crippen LogP contribution in [0.3, 0.4) is 0 Å². The van der Waals surface area contributed by atoms with E-state index in [0.717, 1.165) is 12.8 Å². The second-order valence-corrected chi connectivity index (χ2v) is 4.05. The Balaban J connectivity index is 2.57. The summed E-state index contributed by atoms with van der Waals surface area (Å²) in [5.74, 6) is 0. The van der Waals surface area contributed by atoms with Crippen LogP contribution in [0.4, 0.5) is 0 Å². The van der Waals surface area contributed by atoms with Crippen LogP contribution in [-0.4, -0.2) is 11.2 Å². The van der Waals surface area contributed by atoms with Crippen molar-refractivity contribution < 1.29 is 9.78 Å². The molecule has 2 nitrogen and oxygen atoms in total. The first-order valence-electron chi connectivity index (χ1n) is 3.95. The molecule has 0 amide bonds. The summed E-state index contributed by atoms with van der Waals surface area (Å²) in [6, 6.07) is 0. The molecule has 64 valence electrons. The van der Waals surface area contributed by atoms with Crippen molar-refractivity contribution >= 4 is 0 Å². The van der Waals surface area contributed by atoms with Gasteiger partial charge in [0.25, 0.3) is 0 Å². The smallest absolute Gasteiger partial charge is 0.107 e. The molecule has 1 aliphatic rings. The Morgan fingerprint density at radius 2 is 2.00 bits per heavy atom. The summed E-state index contributed by atoms with van der Waals surface area (Å²) < 4.78 is 0. The molecule has 1 saturated heterocycles. The van der Waals surface area contributed by atoms with Crippen LogP contribution in [0.1, 0.15) is 33.6 Å². The summed E-state index contributed by atoms with van der Waals surface area (Å²) in [7, 11) is 0. The maximum atomic E-state index is 5.22. The Hall–Kier alpha value is -0.340. The van der Waals surface area contributed by atoms with Crippen LogP contribution in [0.5, 0.6) is 0 Å². The predicted molar refractivity (Wildman–Crippen MR) is 44.1 cm³/mol. The Kier molecular flexibility index (Phi) is 2.08. The van der Waals surface area contributed by atoms with E-state index in [0.29, 0.717) is 0 Å². The normalized spacial score (nSPS) is 35.5. The van der Waals surface area contributed by atoms with Crippen molar-refractivity contribution in [2.24, 2.45) is 0 Å². The third kappa shape index (κ3) is 2.04. The fourth-order valence-electron chi connectivity index (χ4n) is 1.58. The van der Waals surface area contributed by atoms with Gasteiger partial charge in [0.1, 0.15) is 11.2 Å². The quantitative estimate of drug-likeness (QED) is 0.451. The van der Waals surface area contributed by atoms with E-state index in [2.05, 4.69) is 6.58 Å². The van der Waals surface area contributed by atoms with Gasteiger partial charge in [-0.3, -0.25) is 0 Å². The lowest BCUT2D eigenvalue weighted by Crippen LogP contribution is -2.25. The molecule has 0 aromatic heterocycles. The van der Waals surface area contributed by atoms with Crippen molar-refractivity contribution in [2.45, 2.75) is 44.8 Å². The molecule has 0 spiro atoms. The predicted octanol–water partition coefficient (Wildman–Crippen LogP) is 2.45. The molecule has 1 fully saturated rings. The summed E-state index contributed by atoms with van der Waals surface area (Å²) in [5, 5.41) is 0. The molecular weight excluding hydrogens is 140 g/mol. The summed E-state index contributed by atoms with van der Waals surface area (Å²) in [4.78, 5) is 10.4. The Bertz CT molecular complexity index is 163. The topological polar surface area (TPSA) is 18.5 Å². The van der Waals surface area contributed by atoms with Gasteiger partial charge in [0.15, 0.2) is 0 Å². The van der Waals surface area contributed by atoms with Gasteiger partial charge in [0.05, 0.1) is 0 Å². The maximum absolute atomic E-state index is 5.22. The molecule has 0 saturated carbocycles. The second-order valence-electron chi connectivity index (χ2n) is 4.05. The highest BCUT2D eigenvalue weighted by atomic mass is 17.2. The van der Waals surface area contributed by atoms with Crippen LogP contribution < -0.4 is 0 Å². The van der Waals surface area contributed by atoms with Crippen molar-refractivity contribution in [3.63, 3.8) is 0 Å². The van der Waals surface area contributed by atoms with Gasteiger partial charge in [0.2, 0.25) is 0 Å². The molecule has 1 unspecified atom stereocenters. The summed E-state index contributed by atoms with van der Waals surface area (Å²) in [6.45, 7) is 9.78. The van der Waals surface area contributed by atoms with Crippen molar-refractivity contribution in [1.29, 1.82) is 0 Å². The molecule has 11 heavy (non-hydrogen) atoms. The van der Waals surface area contributed by atoms with Gasteiger partial charge in [0, 0.05) is 6.42 Å². The van der Waals surface area contributed by atoms with E-state index in [9.17, 15) is 0 Å². The van der Waals surface area contributed by atoms with E-state index >= 15 is 0 Å². The fraction of sp³-hybridized carbons (Fsp3) is 0.778. The first-order valence-corrected chi connectivity index (χ1v) is 3.95. The van der Waals surface area contributed by atoms with E-state index in [-0.39, 0.29) is 11.2 Å². The Morgan fingerprint density at radius 3 is 2.36 bits per heavy atom. The third-order valence-corrected chi connectivity index (χ3v) is 1.84. The average molecular weight is 156 g/mol. The third-order valence-electron chi connectivity index (χ3n) is 1.84. The fourth-order valence-corrected chi connectivity index (χ4v) is 1.58. The zero-order valence-electron chi connectivity index (χ0n) is 7.52. The lowest BCUT2D eigenvalue weighted by molar-refractivity contribution is -0.340. The Morgan fingerprint density at radius 1 is 1.36 bits per heavy atom. The van der Waals surface area contributed by atoms with Gasteiger partial charge in [-0.25, -0.2) is 9.78 Å². The molecular formula is C9H16O2.